The van der Waals surface area contributed by atoms with Gasteiger partial charge in [0.25, 0.3) is 5.91 Å². The molecule has 3 amide bonds. The Morgan fingerprint density at radius 2 is 1.38 bits per heavy atom. The number of rotatable bonds is 9. The van der Waals surface area contributed by atoms with Gasteiger partial charge in [-0.25, -0.2) is 0 Å². The second-order valence-corrected chi connectivity index (χ2v) is 6.43. The quantitative estimate of drug-likeness (QED) is 0.368. The summed E-state index contributed by atoms with van der Waals surface area (Å²) < 4.78 is 0. The summed E-state index contributed by atoms with van der Waals surface area (Å²) in [5.74, 6) is -4.79. The summed E-state index contributed by atoms with van der Waals surface area (Å²) in [4.78, 5) is 48.0. The molecule has 8 nitrogen and oxygen atoms in total. The summed E-state index contributed by atoms with van der Waals surface area (Å²) in [6, 6.07) is 17.8. The number of carbonyl (C=O) groups excluding carboxylic acids is 3. The molecule has 2 aromatic rings. The molecule has 0 radical (unpaired) electrons. The fraction of sp³-hybridized carbons (Fsp3) is 0.238. The predicted molar refractivity (Wildman–Crippen MR) is 105 cm³/mol. The molecule has 0 bridgehead atoms. The number of hydrogen-bond donors (Lipinski definition) is 4. The van der Waals surface area contributed by atoms with Crippen LogP contribution < -0.4 is 16.0 Å². The van der Waals surface area contributed by atoms with Gasteiger partial charge in [0.1, 0.15) is 5.92 Å². The minimum atomic E-state index is -1.41. The largest absolute Gasteiger partial charge is 0.481 e. The van der Waals surface area contributed by atoms with E-state index < -0.39 is 35.8 Å². The van der Waals surface area contributed by atoms with Crippen molar-refractivity contribution in [2.24, 2.45) is 5.92 Å². The van der Waals surface area contributed by atoms with Crippen LogP contribution in [0, 0.1) is 5.92 Å². The Morgan fingerprint density at radius 1 is 0.828 bits per heavy atom. The van der Waals surface area contributed by atoms with E-state index >= 15 is 0 Å². The first-order valence-corrected chi connectivity index (χ1v) is 9.02. The van der Waals surface area contributed by atoms with Crippen molar-refractivity contribution in [3.63, 3.8) is 0 Å². The molecule has 0 aliphatic rings. The van der Waals surface area contributed by atoms with Gasteiger partial charge in [0, 0.05) is 13.5 Å². The van der Waals surface area contributed by atoms with Crippen LogP contribution in [0.2, 0.25) is 0 Å². The number of aliphatic carboxylic acids is 1. The number of carboxylic acid groups (broad SMARTS) is 1. The number of hydrogen-bond acceptors (Lipinski definition) is 4. The third-order valence-corrected chi connectivity index (χ3v) is 4.10. The van der Waals surface area contributed by atoms with E-state index in [1.807, 2.05) is 30.3 Å². The average molecular weight is 397 g/mol. The van der Waals surface area contributed by atoms with Gasteiger partial charge in [-0.15, -0.1) is 0 Å². The normalized spacial score (nSPS) is 12.3. The smallest absolute Gasteiger partial charge is 0.316 e. The summed E-state index contributed by atoms with van der Waals surface area (Å²) in [5, 5.41) is 16.7. The molecular formula is C21H23N3O5. The maximum Gasteiger partial charge on any atom is 0.316 e. The topological polar surface area (TPSA) is 125 Å². The summed E-state index contributed by atoms with van der Waals surface area (Å²) in [5.41, 5.74) is 1.50. The lowest BCUT2D eigenvalue weighted by atomic mass is 9.98. The third-order valence-electron chi connectivity index (χ3n) is 4.10. The van der Waals surface area contributed by atoms with Gasteiger partial charge >= 0.3 is 5.97 Å². The molecular weight excluding hydrogens is 374 g/mol. The Kier molecular flexibility index (Phi) is 7.90. The van der Waals surface area contributed by atoms with Gasteiger partial charge < -0.3 is 21.1 Å². The van der Waals surface area contributed by atoms with Crippen molar-refractivity contribution in [1.82, 2.24) is 16.0 Å². The van der Waals surface area contributed by atoms with Gasteiger partial charge in [-0.3, -0.25) is 19.2 Å². The second-order valence-electron chi connectivity index (χ2n) is 6.43. The van der Waals surface area contributed by atoms with Crippen LogP contribution in [0.5, 0.6) is 0 Å². The van der Waals surface area contributed by atoms with Crippen LogP contribution in [-0.4, -0.2) is 35.0 Å². The van der Waals surface area contributed by atoms with Gasteiger partial charge in [-0.05, 0) is 17.5 Å². The van der Waals surface area contributed by atoms with Crippen molar-refractivity contribution >= 4 is 23.7 Å². The highest BCUT2D eigenvalue weighted by molar-refractivity contribution is 5.99. The molecule has 2 atom stereocenters. The molecule has 0 saturated carbocycles. The number of carbonyl (C=O) groups is 4. The molecule has 4 N–H and O–H groups in total. The Bertz CT molecular complexity index is 855. The van der Waals surface area contributed by atoms with Crippen LogP contribution in [0.4, 0.5) is 0 Å². The minimum absolute atomic E-state index is 0.0412. The summed E-state index contributed by atoms with van der Waals surface area (Å²) >= 11 is 0. The van der Waals surface area contributed by atoms with E-state index in [1.54, 1.807) is 30.3 Å². The molecule has 2 aromatic carbocycles. The molecule has 152 valence electrons. The van der Waals surface area contributed by atoms with E-state index in [0.29, 0.717) is 5.56 Å². The number of amides is 3. The first-order valence-electron chi connectivity index (χ1n) is 9.02. The van der Waals surface area contributed by atoms with Crippen molar-refractivity contribution in [3.8, 4) is 0 Å². The molecule has 0 aromatic heterocycles. The predicted octanol–water partition coefficient (Wildman–Crippen LogP) is 0.825. The van der Waals surface area contributed by atoms with E-state index in [-0.39, 0.29) is 13.0 Å². The molecule has 0 aliphatic heterocycles. The molecule has 0 saturated heterocycles. The molecule has 0 heterocycles. The lowest BCUT2D eigenvalue weighted by Gasteiger charge is -2.21. The van der Waals surface area contributed by atoms with Gasteiger partial charge in [-0.2, -0.15) is 0 Å². The number of carboxylic acids is 1. The molecule has 0 spiro atoms. The molecule has 2 unspecified atom stereocenters. The molecule has 8 heteroatoms. The van der Waals surface area contributed by atoms with Crippen molar-refractivity contribution < 1.29 is 24.3 Å². The highest BCUT2D eigenvalue weighted by atomic mass is 16.4. The van der Waals surface area contributed by atoms with Gasteiger partial charge in [0.05, 0.1) is 0 Å². The average Bonchev–Trinajstić information content (AvgIpc) is 2.70. The van der Waals surface area contributed by atoms with Crippen molar-refractivity contribution in [2.45, 2.75) is 26.1 Å². The number of nitrogens with one attached hydrogen (secondary N) is 3. The maximum atomic E-state index is 12.5. The van der Waals surface area contributed by atoms with Gasteiger partial charge in [0.2, 0.25) is 11.8 Å². The van der Waals surface area contributed by atoms with Gasteiger partial charge in [0.15, 0.2) is 6.17 Å². The van der Waals surface area contributed by atoms with Gasteiger partial charge in [-0.1, -0.05) is 60.7 Å². The fourth-order valence-corrected chi connectivity index (χ4v) is 2.64. The SMILES string of the molecule is CC(=O)NC(NC(=O)C(Cc1ccccc1)C(=O)O)C(=O)NCc1ccccc1. The standard InChI is InChI=1S/C21H23N3O5/c1-14(25)23-18(20(27)22-13-16-10-6-3-7-11-16)24-19(26)17(21(28)29)12-15-8-4-2-5-9-15/h2-11,17-18H,12-13H2,1H3,(H,22,27)(H,23,25)(H,24,26)(H,28,29). The van der Waals surface area contributed by atoms with E-state index in [0.717, 1.165) is 5.56 Å². The first kappa shape index (κ1) is 21.6. The zero-order valence-corrected chi connectivity index (χ0v) is 15.9. The molecule has 29 heavy (non-hydrogen) atoms. The van der Waals surface area contributed by atoms with E-state index in [2.05, 4.69) is 16.0 Å². The number of benzene rings is 2. The van der Waals surface area contributed by atoms with Crippen LogP contribution in [-0.2, 0) is 32.1 Å². The van der Waals surface area contributed by atoms with Crippen LogP contribution >= 0.6 is 0 Å². The van der Waals surface area contributed by atoms with Crippen LogP contribution in [0.25, 0.3) is 0 Å². The third kappa shape index (κ3) is 7.10. The molecule has 0 fully saturated rings. The summed E-state index contributed by atoms with van der Waals surface area (Å²) in [7, 11) is 0. The zero-order valence-electron chi connectivity index (χ0n) is 15.9. The summed E-state index contributed by atoms with van der Waals surface area (Å²) in [6.07, 6.45) is -1.43. The minimum Gasteiger partial charge on any atom is -0.481 e. The second kappa shape index (κ2) is 10.6. The van der Waals surface area contributed by atoms with Crippen LogP contribution in [0.3, 0.4) is 0 Å². The zero-order chi connectivity index (χ0) is 21.2. The van der Waals surface area contributed by atoms with Crippen molar-refractivity contribution in [1.29, 1.82) is 0 Å². The highest BCUT2D eigenvalue weighted by Crippen LogP contribution is 2.10. The van der Waals surface area contributed by atoms with Crippen molar-refractivity contribution in [2.75, 3.05) is 0 Å². The van der Waals surface area contributed by atoms with Crippen molar-refractivity contribution in [3.05, 3.63) is 71.8 Å². The van der Waals surface area contributed by atoms with E-state index in [1.165, 1.54) is 6.92 Å². The highest BCUT2D eigenvalue weighted by Gasteiger charge is 2.30. The molecule has 2 rings (SSSR count). The Morgan fingerprint density at radius 3 is 1.90 bits per heavy atom. The molecule has 0 aliphatic carbocycles. The lowest BCUT2D eigenvalue weighted by Crippen LogP contribution is -2.57. The monoisotopic (exact) mass is 397 g/mol. The van der Waals surface area contributed by atoms with Crippen LogP contribution in [0.1, 0.15) is 18.1 Å². The van der Waals surface area contributed by atoms with E-state index in [9.17, 15) is 24.3 Å². The van der Waals surface area contributed by atoms with Crippen LogP contribution in [0.15, 0.2) is 60.7 Å². The Balaban J connectivity index is 2.05. The lowest BCUT2D eigenvalue weighted by molar-refractivity contribution is -0.148. The fourth-order valence-electron chi connectivity index (χ4n) is 2.64. The van der Waals surface area contributed by atoms with E-state index in [4.69, 9.17) is 0 Å². The Hall–Kier alpha value is -3.68. The Labute approximate surface area is 168 Å². The first-order chi connectivity index (χ1) is 13.9. The maximum absolute atomic E-state index is 12.5. The summed E-state index contributed by atoms with van der Waals surface area (Å²) in [6.45, 7) is 1.39.